The summed E-state index contributed by atoms with van der Waals surface area (Å²) in [5.74, 6) is 0. The van der Waals surface area contributed by atoms with E-state index in [2.05, 4.69) is 17.5 Å². The predicted octanol–water partition coefficient (Wildman–Crippen LogP) is 3.85. The first kappa shape index (κ1) is 13.7. The first-order valence-electron chi connectivity index (χ1n) is 7.07. The molecule has 0 bridgehead atoms. The zero-order valence-corrected chi connectivity index (χ0v) is 12.5. The van der Waals surface area contributed by atoms with Crippen molar-refractivity contribution in [2.45, 2.75) is 25.4 Å². The van der Waals surface area contributed by atoms with Crippen LogP contribution in [0.15, 0.2) is 35.7 Å². The number of thiazole rings is 1. The monoisotopic (exact) mass is 289 g/mol. The molecular formula is C16H19NO2S. The van der Waals surface area contributed by atoms with Gasteiger partial charge < -0.3 is 9.47 Å². The third-order valence-corrected chi connectivity index (χ3v) is 4.71. The van der Waals surface area contributed by atoms with Crippen LogP contribution >= 0.6 is 11.3 Å². The SMILES string of the molecule is CCOC1(c2nc(-c3ccccc3)cs2)CCOCC1. The van der Waals surface area contributed by atoms with E-state index in [1.165, 1.54) is 0 Å². The fourth-order valence-electron chi connectivity index (χ4n) is 2.62. The van der Waals surface area contributed by atoms with Crippen LogP contribution < -0.4 is 0 Å². The first-order valence-corrected chi connectivity index (χ1v) is 7.95. The van der Waals surface area contributed by atoms with Gasteiger partial charge in [-0.25, -0.2) is 4.98 Å². The summed E-state index contributed by atoms with van der Waals surface area (Å²) < 4.78 is 11.6. The maximum Gasteiger partial charge on any atom is 0.126 e. The average molecular weight is 289 g/mol. The van der Waals surface area contributed by atoms with Crippen LogP contribution in [-0.2, 0) is 15.1 Å². The van der Waals surface area contributed by atoms with E-state index in [9.17, 15) is 0 Å². The van der Waals surface area contributed by atoms with Crippen LogP contribution in [0.1, 0.15) is 24.8 Å². The summed E-state index contributed by atoms with van der Waals surface area (Å²) in [5.41, 5.74) is 1.95. The minimum atomic E-state index is -0.245. The van der Waals surface area contributed by atoms with Crippen LogP contribution in [0.4, 0.5) is 0 Å². The van der Waals surface area contributed by atoms with Gasteiger partial charge in [-0.2, -0.15) is 0 Å². The van der Waals surface area contributed by atoms with Crippen molar-refractivity contribution >= 4 is 11.3 Å². The molecule has 0 N–H and O–H groups in total. The van der Waals surface area contributed by atoms with Gasteiger partial charge in [0.1, 0.15) is 10.6 Å². The van der Waals surface area contributed by atoms with Crippen molar-refractivity contribution in [3.8, 4) is 11.3 Å². The molecule has 2 aromatic rings. The van der Waals surface area contributed by atoms with Gasteiger partial charge in [0.05, 0.1) is 5.69 Å². The third kappa shape index (κ3) is 2.64. The van der Waals surface area contributed by atoms with E-state index < -0.39 is 0 Å². The van der Waals surface area contributed by atoms with Crippen LogP contribution in [0.5, 0.6) is 0 Å². The summed E-state index contributed by atoms with van der Waals surface area (Å²) in [6.45, 7) is 4.25. The van der Waals surface area contributed by atoms with Gasteiger partial charge >= 0.3 is 0 Å². The lowest BCUT2D eigenvalue weighted by Gasteiger charge is -2.35. The van der Waals surface area contributed by atoms with Gasteiger partial charge in [-0.1, -0.05) is 30.3 Å². The van der Waals surface area contributed by atoms with Crippen LogP contribution in [0.25, 0.3) is 11.3 Å². The number of rotatable bonds is 4. The predicted molar refractivity (Wildman–Crippen MR) is 80.9 cm³/mol. The molecule has 0 radical (unpaired) electrons. The Bertz CT molecular complexity index is 541. The fraction of sp³-hybridized carbons (Fsp3) is 0.438. The van der Waals surface area contributed by atoms with E-state index in [1.54, 1.807) is 11.3 Å². The van der Waals surface area contributed by atoms with Crippen LogP contribution in [0, 0.1) is 0 Å². The molecule has 4 heteroatoms. The third-order valence-electron chi connectivity index (χ3n) is 3.68. The Balaban J connectivity index is 1.91. The highest BCUT2D eigenvalue weighted by Gasteiger charge is 2.38. The van der Waals surface area contributed by atoms with E-state index in [0.29, 0.717) is 6.61 Å². The molecular weight excluding hydrogens is 270 g/mol. The minimum absolute atomic E-state index is 0.245. The molecule has 0 unspecified atom stereocenters. The molecule has 0 spiro atoms. The molecule has 3 rings (SSSR count). The molecule has 0 amide bonds. The van der Waals surface area contributed by atoms with Crippen molar-refractivity contribution in [1.82, 2.24) is 4.98 Å². The topological polar surface area (TPSA) is 31.4 Å². The summed E-state index contributed by atoms with van der Waals surface area (Å²) in [7, 11) is 0. The fourth-order valence-corrected chi connectivity index (χ4v) is 3.66. The van der Waals surface area contributed by atoms with Crippen molar-refractivity contribution in [3.63, 3.8) is 0 Å². The Kier molecular flexibility index (Phi) is 4.15. The maximum absolute atomic E-state index is 6.07. The average Bonchev–Trinajstić information content (AvgIpc) is 3.00. The Labute approximate surface area is 123 Å². The number of benzene rings is 1. The summed E-state index contributed by atoms with van der Waals surface area (Å²) in [5, 5.41) is 3.21. The van der Waals surface area contributed by atoms with E-state index in [0.717, 1.165) is 42.3 Å². The Morgan fingerprint density at radius 3 is 2.70 bits per heavy atom. The molecule has 0 atom stereocenters. The van der Waals surface area contributed by atoms with Crippen molar-refractivity contribution in [3.05, 3.63) is 40.7 Å². The summed E-state index contributed by atoms with van der Waals surface area (Å²) in [4.78, 5) is 4.83. The van der Waals surface area contributed by atoms with Gasteiger partial charge in [-0.3, -0.25) is 0 Å². The molecule has 3 nitrogen and oxygen atoms in total. The van der Waals surface area contributed by atoms with Gasteiger partial charge in [0.2, 0.25) is 0 Å². The lowest BCUT2D eigenvalue weighted by molar-refractivity contribution is -0.112. The van der Waals surface area contributed by atoms with E-state index in [1.807, 2.05) is 25.1 Å². The summed E-state index contributed by atoms with van der Waals surface area (Å²) in [6.07, 6.45) is 1.78. The summed E-state index contributed by atoms with van der Waals surface area (Å²) in [6, 6.07) is 10.3. The number of aromatic nitrogens is 1. The zero-order valence-electron chi connectivity index (χ0n) is 11.7. The highest BCUT2D eigenvalue weighted by atomic mass is 32.1. The molecule has 20 heavy (non-hydrogen) atoms. The highest BCUT2D eigenvalue weighted by molar-refractivity contribution is 7.10. The van der Waals surface area contributed by atoms with Gasteiger partial charge in [-0.15, -0.1) is 11.3 Å². The standard InChI is InChI=1S/C16H19NO2S/c1-2-19-16(8-10-18-11-9-16)15-17-14(12-20-15)13-6-4-3-5-7-13/h3-7,12H,2,8-11H2,1H3. The smallest absolute Gasteiger partial charge is 0.126 e. The van der Waals surface area contributed by atoms with Crippen molar-refractivity contribution in [1.29, 1.82) is 0 Å². The van der Waals surface area contributed by atoms with Crippen LogP contribution in [-0.4, -0.2) is 24.8 Å². The van der Waals surface area contributed by atoms with Gasteiger partial charge in [0, 0.05) is 43.6 Å². The number of ether oxygens (including phenoxy) is 2. The molecule has 106 valence electrons. The zero-order chi connectivity index (χ0) is 13.8. The molecule has 0 saturated carbocycles. The van der Waals surface area contributed by atoms with E-state index in [-0.39, 0.29) is 5.60 Å². The van der Waals surface area contributed by atoms with Crippen molar-refractivity contribution in [2.24, 2.45) is 0 Å². The molecule has 1 aromatic heterocycles. The quantitative estimate of drug-likeness (QED) is 0.856. The van der Waals surface area contributed by atoms with E-state index >= 15 is 0 Å². The normalized spacial score (nSPS) is 18.1. The first-order chi connectivity index (χ1) is 9.84. The molecule has 1 fully saturated rings. The van der Waals surface area contributed by atoms with Crippen molar-refractivity contribution < 1.29 is 9.47 Å². The maximum atomic E-state index is 6.07. The van der Waals surface area contributed by atoms with Gasteiger partial charge in [0.15, 0.2) is 0 Å². The lowest BCUT2D eigenvalue weighted by atomic mass is 9.94. The largest absolute Gasteiger partial charge is 0.381 e. The summed E-state index contributed by atoms with van der Waals surface area (Å²) >= 11 is 1.70. The molecule has 1 aliphatic heterocycles. The minimum Gasteiger partial charge on any atom is -0.381 e. The van der Waals surface area contributed by atoms with Crippen LogP contribution in [0.2, 0.25) is 0 Å². The number of hydrogen-bond acceptors (Lipinski definition) is 4. The van der Waals surface area contributed by atoms with Gasteiger partial charge in [0.25, 0.3) is 0 Å². The second kappa shape index (κ2) is 6.04. The second-order valence-electron chi connectivity index (χ2n) is 4.94. The Morgan fingerprint density at radius 1 is 1.25 bits per heavy atom. The molecule has 1 saturated heterocycles. The number of nitrogens with zero attached hydrogens (tertiary/aromatic N) is 1. The number of hydrogen-bond donors (Lipinski definition) is 0. The van der Waals surface area contributed by atoms with Gasteiger partial charge in [-0.05, 0) is 6.92 Å². The molecule has 1 aromatic carbocycles. The highest BCUT2D eigenvalue weighted by Crippen LogP contribution is 2.39. The Hall–Kier alpha value is -1.23. The molecule has 1 aliphatic rings. The van der Waals surface area contributed by atoms with Crippen molar-refractivity contribution in [2.75, 3.05) is 19.8 Å². The molecule has 0 aliphatic carbocycles. The molecule has 2 heterocycles. The lowest BCUT2D eigenvalue weighted by Crippen LogP contribution is -2.36. The van der Waals surface area contributed by atoms with Crippen LogP contribution in [0.3, 0.4) is 0 Å². The van der Waals surface area contributed by atoms with E-state index in [4.69, 9.17) is 14.5 Å². The Morgan fingerprint density at radius 2 is 2.00 bits per heavy atom. The second-order valence-corrected chi connectivity index (χ2v) is 5.80.